The van der Waals surface area contributed by atoms with Crippen LogP contribution in [0.1, 0.15) is 11.5 Å². The molecule has 0 spiro atoms. The Kier molecular flexibility index (Phi) is 3.74. The molecular weight excluding hydrogens is 270 g/mol. The molecule has 0 saturated carbocycles. The lowest BCUT2D eigenvalue weighted by Crippen LogP contribution is -2.24. The lowest BCUT2D eigenvalue weighted by Gasteiger charge is -2.15. The number of rotatable bonds is 4. The van der Waals surface area contributed by atoms with Gasteiger partial charge in [0.15, 0.2) is 0 Å². The highest BCUT2D eigenvalue weighted by atomic mass is 16.5. The molecule has 1 saturated heterocycles. The maximum absolute atomic E-state index is 5.72. The van der Waals surface area contributed by atoms with E-state index in [9.17, 15) is 0 Å². The van der Waals surface area contributed by atoms with Crippen molar-refractivity contribution in [3.8, 4) is 0 Å². The molecule has 0 unspecified atom stereocenters. The topological polar surface area (TPSA) is 90.3 Å². The van der Waals surface area contributed by atoms with Crippen molar-refractivity contribution in [1.82, 2.24) is 15.1 Å². The fourth-order valence-corrected chi connectivity index (χ4v) is 2.75. The molecule has 112 valence electrons. The molecule has 0 amide bonds. The zero-order chi connectivity index (χ0) is 14.8. The average Bonchev–Trinajstić information content (AvgIpc) is 3.06. The number of hydrogen-bond donors (Lipinski definition) is 1. The standard InChI is InChI=1S/C14H19N5O2/c1-9-5-11(21-18-9)6-10-7-19(8-12(10)20-2)14-16-4-3-13(15)17-14/h3-5,10,12H,6-8H2,1-2H3,(H2,15,16,17)/t10-,12+/m1/s1. The predicted octanol–water partition coefficient (Wildman–Crippen LogP) is 1.05. The number of nitrogens with zero attached hydrogens (tertiary/aromatic N) is 4. The van der Waals surface area contributed by atoms with Crippen molar-refractivity contribution in [2.24, 2.45) is 5.92 Å². The van der Waals surface area contributed by atoms with Gasteiger partial charge < -0.3 is 19.9 Å². The first-order valence-electron chi connectivity index (χ1n) is 6.94. The van der Waals surface area contributed by atoms with Crippen LogP contribution in [0.2, 0.25) is 0 Å². The van der Waals surface area contributed by atoms with Crippen molar-refractivity contribution in [3.63, 3.8) is 0 Å². The molecule has 21 heavy (non-hydrogen) atoms. The normalized spacial score (nSPS) is 21.9. The van der Waals surface area contributed by atoms with Crippen LogP contribution in [-0.4, -0.2) is 41.4 Å². The number of methoxy groups -OCH3 is 1. The third-order valence-corrected chi connectivity index (χ3v) is 3.77. The van der Waals surface area contributed by atoms with E-state index in [0.717, 1.165) is 31.0 Å². The minimum atomic E-state index is 0.112. The molecule has 2 aromatic heterocycles. The molecule has 2 aromatic rings. The van der Waals surface area contributed by atoms with Crippen molar-refractivity contribution in [2.75, 3.05) is 30.8 Å². The van der Waals surface area contributed by atoms with Gasteiger partial charge in [0.25, 0.3) is 0 Å². The van der Waals surface area contributed by atoms with Crippen molar-refractivity contribution in [3.05, 3.63) is 29.8 Å². The molecule has 1 aliphatic rings. The van der Waals surface area contributed by atoms with Crippen LogP contribution in [0, 0.1) is 12.8 Å². The van der Waals surface area contributed by atoms with E-state index in [1.807, 2.05) is 13.0 Å². The number of hydrogen-bond acceptors (Lipinski definition) is 7. The molecule has 0 aromatic carbocycles. The van der Waals surface area contributed by atoms with E-state index in [4.69, 9.17) is 15.0 Å². The zero-order valence-corrected chi connectivity index (χ0v) is 12.2. The summed E-state index contributed by atoms with van der Waals surface area (Å²) in [6, 6.07) is 3.65. The molecule has 0 aliphatic carbocycles. The lowest BCUT2D eigenvalue weighted by molar-refractivity contribution is 0.0812. The molecular formula is C14H19N5O2. The molecule has 2 N–H and O–H groups in total. The van der Waals surface area contributed by atoms with Crippen molar-refractivity contribution >= 4 is 11.8 Å². The van der Waals surface area contributed by atoms with Crippen LogP contribution < -0.4 is 10.6 Å². The second kappa shape index (κ2) is 5.69. The molecule has 0 bridgehead atoms. The molecule has 3 heterocycles. The number of anilines is 2. The van der Waals surface area contributed by atoms with Gasteiger partial charge in [-0.05, 0) is 13.0 Å². The number of ether oxygens (including phenoxy) is 1. The summed E-state index contributed by atoms with van der Waals surface area (Å²) in [5, 5.41) is 3.93. The molecule has 7 heteroatoms. The van der Waals surface area contributed by atoms with Crippen LogP contribution in [0.15, 0.2) is 22.9 Å². The Labute approximate surface area is 123 Å². The number of nitrogens with two attached hydrogens (primary N) is 1. The van der Waals surface area contributed by atoms with E-state index >= 15 is 0 Å². The van der Waals surface area contributed by atoms with Gasteiger partial charge in [-0.3, -0.25) is 0 Å². The Morgan fingerprint density at radius 1 is 1.48 bits per heavy atom. The summed E-state index contributed by atoms with van der Waals surface area (Å²) in [6.45, 7) is 3.47. The van der Waals surface area contributed by atoms with E-state index in [1.54, 1.807) is 19.4 Å². The van der Waals surface area contributed by atoms with Crippen LogP contribution in [0.3, 0.4) is 0 Å². The second-order valence-corrected chi connectivity index (χ2v) is 5.36. The fraction of sp³-hybridized carbons (Fsp3) is 0.500. The van der Waals surface area contributed by atoms with E-state index in [0.29, 0.717) is 17.7 Å². The Morgan fingerprint density at radius 2 is 2.33 bits per heavy atom. The summed E-state index contributed by atoms with van der Waals surface area (Å²) in [6.07, 6.45) is 2.57. The van der Waals surface area contributed by atoms with Gasteiger partial charge in [0.05, 0.1) is 11.8 Å². The summed E-state index contributed by atoms with van der Waals surface area (Å²) < 4.78 is 10.9. The largest absolute Gasteiger partial charge is 0.384 e. The van der Waals surface area contributed by atoms with E-state index in [-0.39, 0.29) is 6.10 Å². The van der Waals surface area contributed by atoms with Gasteiger partial charge in [-0.25, -0.2) is 4.98 Å². The molecule has 2 atom stereocenters. The fourth-order valence-electron chi connectivity index (χ4n) is 2.75. The maximum Gasteiger partial charge on any atom is 0.227 e. The molecule has 1 fully saturated rings. The predicted molar refractivity (Wildman–Crippen MR) is 77.9 cm³/mol. The minimum Gasteiger partial charge on any atom is -0.384 e. The first-order valence-corrected chi connectivity index (χ1v) is 6.94. The van der Waals surface area contributed by atoms with E-state index in [1.165, 1.54) is 0 Å². The Morgan fingerprint density at radius 3 is 3.00 bits per heavy atom. The average molecular weight is 289 g/mol. The quantitative estimate of drug-likeness (QED) is 0.899. The van der Waals surface area contributed by atoms with Gasteiger partial charge in [-0.2, -0.15) is 4.98 Å². The van der Waals surface area contributed by atoms with Crippen LogP contribution in [0.4, 0.5) is 11.8 Å². The highest BCUT2D eigenvalue weighted by molar-refractivity contribution is 5.39. The maximum atomic E-state index is 5.72. The van der Waals surface area contributed by atoms with Crippen molar-refractivity contribution in [1.29, 1.82) is 0 Å². The van der Waals surface area contributed by atoms with E-state index in [2.05, 4.69) is 20.0 Å². The summed E-state index contributed by atoms with van der Waals surface area (Å²) in [7, 11) is 1.73. The van der Waals surface area contributed by atoms with Crippen molar-refractivity contribution < 1.29 is 9.26 Å². The zero-order valence-electron chi connectivity index (χ0n) is 12.2. The van der Waals surface area contributed by atoms with E-state index < -0.39 is 0 Å². The van der Waals surface area contributed by atoms with Gasteiger partial charge in [0.2, 0.25) is 5.95 Å². The first kappa shape index (κ1) is 13.8. The van der Waals surface area contributed by atoms with Crippen molar-refractivity contribution in [2.45, 2.75) is 19.4 Å². The first-order chi connectivity index (χ1) is 10.2. The van der Waals surface area contributed by atoms with Gasteiger partial charge in [-0.1, -0.05) is 5.16 Å². The summed E-state index contributed by atoms with van der Waals surface area (Å²) in [4.78, 5) is 10.6. The molecule has 3 rings (SSSR count). The number of aromatic nitrogens is 3. The van der Waals surface area contributed by atoms with Gasteiger partial charge in [0.1, 0.15) is 11.6 Å². The number of aryl methyl sites for hydroxylation is 1. The van der Waals surface area contributed by atoms with Gasteiger partial charge >= 0.3 is 0 Å². The number of nitrogen functional groups attached to an aromatic ring is 1. The third kappa shape index (κ3) is 2.97. The summed E-state index contributed by atoms with van der Waals surface area (Å²) in [5.74, 6) is 2.32. The monoisotopic (exact) mass is 289 g/mol. The molecule has 0 radical (unpaired) electrons. The van der Waals surface area contributed by atoms with Crippen LogP contribution in [-0.2, 0) is 11.2 Å². The summed E-state index contributed by atoms with van der Waals surface area (Å²) in [5.41, 5.74) is 6.62. The SMILES string of the molecule is CO[C@H]1CN(c2nccc(N)n2)C[C@H]1Cc1cc(C)no1. The second-order valence-electron chi connectivity index (χ2n) is 5.36. The van der Waals surface area contributed by atoms with Gasteiger partial charge in [0, 0.05) is 44.8 Å². The smallest absolute Gasteiger partial charge is 0.227 e. The third-order valence-electron chi connectivity index (χ3n) is 3.77. The van der Waals surface area contributed by atoms with Crippen LogP contribution in [0.5, 0.6) is 0 Å². The van der Waals surface area contributed by atoms with Crippen LogP contribution >= 0.6 is 0 Å². The van der Waals surface area contributed by atoms with Gasteiger partial charge in [-0.15, -0.1) is 0 Å². The highest BCUT2D eigenvalue weighted by Crippen LogP contribution is 2.26. The minimum absolute atomic E-state index is 0.112. The lowest BCUT2D eigenvalue weighted by atomic mass is 10.0. The molecule has 7 nitrogen and oxygen atoms in total. The molecule has 1 aliphatic heterocycles. The summed E-state index contributed by atoms with van der Waals surface area (Å²) >= 11 is 0. The van der Waals surface area contributed by atoms with Crippen LogP contribution in [0.25, 0.3) is 0 Å². The highest BCUT2D eigenvalue weighted by Gasteiger charge is 2.35. The Bertz CT molecular complexity index is 615. The Balaban J connectivity index is 1.73. The Hall–Kier alpha value is -2.15.